The third-order valence-corrected chi connectivity index (χ3v) is 4.27. The van der Waals surface area contributed by atoms with E-state index in [1.165, 1.54) is 6.92 Å². The van der Waals surface area contributed by atoms with Crippen molar-refractivity contribution >= 4 is 56.4 Å². The standard InChI is InChI=1S/C18H18BrN3O3S/c1-10-4-6-13(9-15(10)20-11(2)23)21-18(26)22-17(24)12-5-7-16(25-3)14(19)8-12/h4-9H,1-3H3,(H,20,23)(H2,21,22,24,26). The second kappa shape index (κ2) is 8.77. The second-order valence-corrected chi connectivity index (χ2v) is 6.73. The zero-order valence-electron chi connectivity index (χ0n) is 14.5. The number of halogens is 1. The summed E-state index contributed by atoms with van der Waals surface area (Å²) in [5, 5.41) is 8.45. The van der Waals surface area contributed by atoms with Gasteiger partial charge in [0.15, 0.2) is 5.11 Å². The topological polar surface area (TPSA) is 79.5 Å². The van der Waals surface area contributed by atoms with Crippen molar-refractivity contribution in [1.82, 2.24) is 5.32 Å². The van der Waals surface area contributed by atoms with E-state index >= 15 is 0 Å². The highest BCUT2D eigenvalue weighted by molar-refractivity contribution is 9.10. The molecule has 0 aliphatic rings. The van der Waals surface area contributed by atoms with Crippen molar-refractivity contribution in [3.05, 3.63) is 52.0 Å². The first-order valence-electron chi connectivity index (χ1n) is 7.64. The van der Waals surface area contributed by atoms with Crippen LogP contribution in [0.15, 0.2) is 40.9 Å². The van der Waals surface area contributed by atoms with E-state index in [0.717, 1.165) is 5.56 Å². The third kappa shape index (κ3) is 5.27. The zero-order valence-corrected chi connectivity index (χ0v) is 16.9. The quantitative estimate of drug-likeness (QED) is 0.635. The summed E-state index contributed by atoms with van der Waals surface area (Å²) in [4.78, 5) is 23.6. The summed E-state index contributed by atoms with van der Waals surface area (Å²) in [6.07, 6.45) is 0. The fourth-order valence-corrected chi connectivity index (χ4v) is 2.92. The number of ether oxygens (including phenoxy) is 1. The maximum absolute atomic E-state index is 12.3. The fraction of sp³-hybridized carbons (Fsp3) is 0.167. The van der Waals surface area contributed by atoms with Gasteiger partial charge in [-0.1, -0.05) is 6.07 Å². The maximum Gasteiger partial charge on any atom is 0.257 e. The highest BCUT2D eigenvalue weighted by Crippen LogP contribution is 2.25. The fourth-order valence-electron chi connectivity index (χ4n) is 2.17. The molecule has 0 atom stereocenters. The van der Waals surface area contributed by atoms with E-state index in [0.29, 0.717) is 27.2 Å². The molecule has 0 saturated carbocycles. The predicted molar refractivity (Wildman–Crippen MR) is 110 cm³/mol. The molecule has 0 saturated heterocycles. The van der Waals surface area contributed by atoms with Crippen molar-refractivity contribution in [2.45, 2.75) is 13.8 Å². The van der Waals surface area contributed by atoms with Crippen molar-refractivity contribution in [3.8, 4) is 5.75 Å². The average molecular weight is 436 g/mol. The van der Waals surface area contributed by atoms with E-state index in [-0.39, 0.29) is 16.9 Å². The van der Waals surface area contributed by atoms with Crippen LogP contribution in [0.1, 0.15) is 22.8 Å². The molecule has 2 amide bonds. The van der Waals surface area contributed by atoms with Crippen LogP contribution in [0.5, 0.6) is 5.75 Å². The lowest BCUT2D eigenvalue weighted by atomic mass is 10.2. The molecule has 0 spiro atoms. The molecule has 136 valence electrons. The molecule has 26 heavy (non-hydrogen) atoms. The number of hydrogen-bond donors (Lipinski definition) is 3. The number of nitrogens with one attached hydrogen (secondary N) is 3. The van der Waals surface area contributed by atoms with Gasteiger partial charge in [0.05, 0.1) is 11.6 Å². The number of benzene rings is 2. The Balaban J connectivity index is 2.05. The molecule has 2 rings (SSSR count). The molecule has 3 N–H and O–H groups in total. The van der Waals surface area contributed by atoms with Gasteiger partial charge in [-0.05, 0) is 71.0 Å². The van der Waals surface area contributed by atoms with E-state index in [1.807, 2.05) is 19.1 Å². The molecule has 2 aromatic rings. The molecule has 2 aromatic carbocycles. The van der Waals surface area contributed by atoms with Crippen molar-refractivity contribution in [2.75, 3.05) is 17.7 Å². The molecule has 0 aliphatic heterocycles. The summed E-state index contributed by atoms with van der Waals surface area (Å²) in [6, 6.07) is 10.4. The monoisotopic (exact) mass is 435 g/mol. The number of aryl methyl sites for hydroxylation is 1. The molecule has 6 nitrogen and oxygen atoms in total. The SMILES string of the molecule is COc1ccc(C(=O)NC(=S)Nc2ccc(C)c(NC(C)=O)c2)cc1Br. The molecule has 0 bridgehead atoms. The van der Waals surface area contributed by atoms with E-state index in [9.17, 15) is 9.59 Å². The maximum atomic E-state index is 12.3. The molecule has 0 aliphatic carbocycles. The van der Waals surface area contributed by atoms with Crippen LogP contribution in [0.4, 0.5) is 11.4 Å². The summed E-state index contributed by atoms with van der Waals surface area (Å²) in [7, 11) is 1.55. The van der Waals surface area contributed by atoms with Crippen LogP contribution in [-0.2, 0) is 4.79 Å². The first-order valence-corrected chi connectivity index (χ1v) is 8.84. The van der Waals surface area contributed by atoms with Gasteiger partial charge >= 0.3 is 0 Å². The first-order chi connectivity index (χ1) is 12.3. The third-order valence-electron chi connectivity index (χ3n) is 3.45. The molecule has 0 heterocycles. The van der Waals surface area contributed by atoms with Crippen LogP contribution in [-0.4, -0.2) is 24.0 Å². The van der Waals surface area contributed by atoms with Crippen LogP contribution < -0.4 is 20.7 Å². The van der Waals surface area contributed by atoms with Crippen molar-refractivity contribution < 1.29 is 14.3 Å². The van der Waals surface area contributed by atoms with Gasteiger partial charge in [-0.2, -0.15) is 0 Å². The van der Waals surface area contributed by atoms with Crippen LogP contribution >= 0.6 is 28.1 Å². The minimum atomic E-state index is -0.347. The Kier molecular flexibility index (Phi) is 6.70. The normalized spacial score (nSPS) is 10.0. The highest BCUT2D eigenvalue weighted by atomic mass is 79.9. The molecular weight excluding hydrogens is 418 g/mol. The minimum absolute atomic E-state index is 0.152. The lowest BCUT2D eigenvalue weighted by molar-refractivity contribution is -0.114. The van der Waals surface area contributed by atoms with Crippen molar-refractivity contribution in [1.29, 1.82) is 0 Å². The van der Waals surface area contributed by atoms with Gasteiger partial charge in [0.1, 0.15) is 5.75 Å². The van der Waals surface area contributed by atoms with E-state index in [2.05, 4.69) is 31.9 Å². The van der Waals surface area contributed by atoms with Crippen molar-refractivity contribution in [3.63, 3.8) is 0 Å². The summed E-state index contributed by atoms with van der Waals surface area (Å²) >= 11 is 8.53. The van der Waals surface area contributed by atoms with Crippen LogP contribution in [0, 0.1) is 6.92 Å². The number of hydrogen-bond acceptors (Lipinski definition) is 4. The van der Waals surface area contributed by atoms with Crippen molar-refractivity contribution in [2.24, 2.45) is 0 Å². The van der Waals surface area contributed by atoms with Gasteiger partial charge in [0.2, 0.25) is 5.91 Å². The predicted octanol–water partition coefficient (Wildman–Crippen LogP) is 3.85. The number of carbonyl (C=O) groups is 2. The number of anilines is 2. The average Bonchev–Trinajstić information content (AvgIpc) is 2.57. The summed E-state index contributed by atoms with van der Waals surface area (Å²) < 4.78 is 5.81. The van der Waals surface area contributed by atoms with Crippen LogP contribution in [0.25, 0.3) is 0 Å². The van der Waals surface area contributed by atoms with Crippen LogP contribution in [0.3, 0.4) is 0 Å². The Labute approximate surface area is 165 Å². The Morgan fingerprint density at radius 1 is 1.12 bits per heavy atom. The number of rotatable bonds is 4. The Hall–Kier alpha value is -2.45. The van der Waals surface area contributed by atoms with E-state index in [1.54, 1.807) is 31.4 Å². The minimum Gasteiger partial charge on any atom is -0.496 e. The Morgan fingerprint density at radius 3 is 2.46 bits per heavy atom. The highest BCUT2D eigenvalue weighted by Gasteiger charge is 2.11. The lowest BCUT2D eigenvalue weighted by Gasteiger charge is -2.13. The Bertz CT molecular complexity index is 871. The Morgan fingerprint density at radius 2 is 1.85 bits per heavy atom. The molecule has 0 fully saturated rings. The van der Waals surface area contributed by atoms with E-state index < -0.39 is 0 Å². The molecule has 0 radical (unpaired) electrons. The molecular formula is C18H18BrN3O3S. The van der Waals surface area contributed by atoms with Gasteiger partial charge < -0.3 is 15.4 Å². The number of methoxy groups -OCH3 is 1. The van der Waals surface area contributed by atoms with Gasteiger partial charge in [-0.15, -0.1) is 0 Å². The van der Waals surface area contributed by atoms with Gasteiger partial charge in [0.25, 0.3) is 5.91 Å². The molecule has 0 unspecified atom stereocenters. The van der Waals surface area contributed by atoms with E-state index in [4.69, 9.17) is 17.0 Å². The van der Waals surface area contributed by atoms with Crippen LogP contribution in [0.2, 0.25) is 0 Å². The van der Waals surface area contributed by atoms with Gasteiger partial charge in [0, 0.05) is 23.9 Å². The number of carbonyl (C=O) groups excluding carboxylic acids is 2. The largest absolute Gasteiger partial charge is 0.496 e. The summed E-state index contributed by atoms with van der Waals surface area (Å²) in [6.45, 7) is 3.33. The first kappa shape index (κ1) is 19.9. The molecule has 8 heteroatoms. The van der Waals surface area contributed by atoms with Gasteiger partial charge in [-0.3, -0.25) is 14.9 Å². The zero-order chi connectivity index (χ0) is 19.3. The summed E-state index contributed by atoms with van der Waals surface area (Å²) in [5.41, 5.74) is 2.68. The number of thiocarbonyl (C=S) groups is 1. The molecule has 0 aromatic heterocycles. The number of amides is 2. The van der Waals surface area contributed by atoms with Gasteiger partial charge in [-0.25, -0.2) is 0 Å². The smallest absolute Gasteiger partial charge is 0.257 e. The lowest BCUT2D eigenvalue weighted by Crippen LogP contribution is -2.34. The summed E-state index contributed by atoms with van der Waals surface area (Å²) in [5.74, 6) is 0.124. The second-order valence-electron chi connectivity index (χ2n) is 5.47.